The Labute approximate surface area is 296 Å². The van der Waals surface area contributed by atoms with Crippen LogP contribution in [0.1, 0.15) is 0 Å². The fourth-order valence-electron chi connectivity index (χ4n) is 7.93. The van der Waals surface area contributed by atoms with Gasteiger partial charge < -0.3 is 0 Å². The van der Waals surface area contributed by atoms with Crippen molar-refractivity contribution in [2.75, 3.05) is 0 Å². The van der Waals surface area contributed by atoms with Gasteiger partial charge in [0.25, 0.3) is 5.56 Å². The average molecular weight is 666 g/mol. The highest BCUT2D eigenvalue weighted by molar-refractivity contribution is 6.13. The molecule has 4 aromatic heterocycles. The maximum Gasteiger partial charge on any atom is 0.266 e. The molecule has 11 aromatic rings. The van der Waals surface area contributed by atoms with Crippen LogP contribution in [-0.4, -0.2) is 23.9 Å². The number of aromatic nitrogens is 5. The molecule has 0 unspecified atom stereocenters. The van der Waals surface area contributed by atoms with Crippen LogP contribution in [0.3, 0.4) is 0 Å². The zero-order valence-electron chi connectivity index (χ0n) is 27.7. The number of pyridine rings is 1. The van der Waals surface area contributed by atoms with Crippen LogP contribution in [0.5, 0.6) is 0 Å². The van der Waals surface area contributed by atoms with E-state index in [1.807, 2.05) is 84.9 Å². The van der Waals surface area contributed by atoms with Gasteiger partial charge in [-0.1, -0.05) is 121 Å². The van der Waals surface area contributed by atoms with Gasteiger partial charge >= 0.3 is 0 Å². The summed E-state index contributed by atoms with van der Waals surface area (Å²) in [5.74, 6) is 0.618. The number of hydrogen-bond donors (Lipinski definition) is 0. The Morgan fingerprint density at radius 1 is 0.385 bits per heavy atom. The first-order chi connectivity index (χ1) is 25.7. The van der Waals surface area contributed by atoms with Crippen LogP contribution < -0.4 is 5.56 Å². The molecule has 52 heavy (non-hydrogen) atoms. The van der Waals surface area contributed by atoms with E-state index >= 15 is 0 Å². The van der Waals surface area contributed by atoms with Crippen LogP contribution in [0.2, 0.25) is 0 Å². The first kappa shape index (κ1) is 28.6. The summed E-state index contributed by atoms with van der Waals surface area (Å²) in [6.45, 7) is 0. The molecular weight excluding hydrogens is 639 g/mol. The van der Waals surface area contributed by atoms with Gasteiger partial charge in [-0.25, -0.2) is 15.0 Å². The maximum absolute atomic E-state index is 14.4. The summed E-state index contributed by atoms with van der Waals surface area (Å²) in [5, 5.41) is 6.84. The third kappa shape index (κ3) is 4.12. The molecular formula is C46H27N5O. The fraction of sp³-hybridized carbons (Fsp3) is 0. The number of fused-ring (bicyclic) bond motifs is 11. The Balaban J connectivity index is 1.13. The van der Waals surface area contributed by atoms with Crippen LogP contribution in [-0.2, 0) is 0 Å². The van der Waals surface area contributed by atoms with Crippen molar-refractivity contribution in [1.82, 2.24) is 23.9 Å². The molecule has 7 aromatic carbocycles. The fourth-order valence-corrected chi connectivity index (χ4v) is 7.93. The van der Waals surface area contributed by atoms with E-state index in [0.29, 0.717) is 22.5 Å². The summed E-state index contributed by atoms with van der Waals surface area (Å²) in [4.78, 5) is 29.8. The van der Waals surface area contributed by atoms with Crippen molar-refractivity contribution >= 4 is 70.9 Å². The number of para-hydroxylation sites is 3. The minimum Gasteiger partial charge on any atom is -0.278 e. The Bertz CT molecular complexity index is 3330. The van der Waals surface area contributed by atoms with E-state index in [4.69, 9.17) is 15.0 Å². The SMILES string of the molecule is O=c1c2cc(-c3ccc4c(c3)c3ccccc3n4-c3nc(-c4ccccc4)c4ccccc4n3)ccc2nc2c3ccccc3c3ccccc3n12. The summed E-state index contributed by atoms with van der Waals surface area (Å²) >= 11 is 0. The standard InChI is InChI=1S/C46H27N5O/c52-45-37-27-29(22-24-39(37)47-44-34-17-5-4-14-31(34)32-15-7-11-21-41(32)51(44)45)30-23-25-42-36(26-30)33-16-8-10-20-40(33)50(42)46-48-38-19-9-6-18-35(38)43(49-46)28-12-2-1-3-13-28/h1-27H. The molecule has 4 heterocycles. The predicted octanol–water partition coefficient (Wildman–Crippen LogP) is 10.5. The highest BCUT2D eigenvalue weighted by Crippen LogP contribution is 2.36. The van der Waals surface area contributed by atoms with Gasteiger partial charge in [0.2, 0.25) is 5.95 Å². The summed E-state index contributed by atoms with van der Waals surface area (Å²) in [6.07, 6.45) is 0. The minimum atomic E-state index is -0.0795. The average Bonchev–Trinajstić information content (AvgIpc) is 3.54. The highest BCUT2D eigenvalue weighted by atomic mass is 16.1. The van der Waals surface area contributed by atoms with E-state index in [-0.39, 0.29) is 5.56 Å². The van der Waals surface area contributed by atoms with Crippen molar-refractivity contribution in [3.8, 4) is 28.3 Å². The normalized spacial score (nSPS) is 11.9. The van der Waals surface area contributed by atoms with Crippen LogP contribution in [0.25, 0.3) is 99.3 Å². The van der Waals surface area contributed by atoms with Gasteiger partial charge in [-0.15, -0.1) is 0 Å². The minimum absolute atomic E-state index is 0.0795. The third-order valence-electron chi connectivity index (χ3n) is 10.3. The van der Waals surface area contributed by atoms with Crippen molar-refractivity contribution in [2.45, 2.75) is 0 Å². The second kappa shape index (κ2) is 10.9. The van der Waals surface area contributed by atoms with Crippen LogP contribution in [0, 0.1) is 0 Å². The molecule has 11 rings (SSSR count). The number of rotatable bonds is 3. The number of nitrogens with zero attached hydrogens (tertiary/aromatic N) is 5. The van der Waals surface area contributed by atoms with Crippen molar-refractivity contribution in [1.29, 1.82) is 0 Å². The quantitative estimate of drug-likeness (QED) is 0.139. The van der Waals surface area contributed by atoms with Crippen LogP contribution in [0.4, 0.5) is 0 Å². The molecule has 0 aliphatic carbocycles. The highest BCUT2D eigenvalue weighted by Gasteiger charge is 2.19. The molecule has 0 atom stereocenters. The molecule has 242 valence electrons. The maximum atomic E-state index is 14.4. The molecule has 0 fully saturated rings. The first-order valence-corrected chi connectivity index (χ1v) is 17.3. The summed E-state index contributed by atoms with van der Waals surface area (Å²) in [6, 6.07) is 55.6. The van der Waals surface area contributed by atoms with Crippen molar-refractivity contribution in [3.63, 3.8) is 0 Å². The molecule has 0 saturated heterocycles. The van der Waals surface area contributed by atoms with E-state index in [0.717, 1.165) is 76.8 Å². The molecule has 0 spiro atoms. The molecule has 6 nitrogen and oxygen atoms in total. The first-order valence-electron chi connectivity index (χ1n) is 17.3. The van der Waals surface area contributed by atoms with Crippen LogP contribution >= 0.6 is 0 Å². The smallest absolute Gasteiger partial charge is 0.266 e. The van der Waals surface area contributed by atoms with E-state index in [1.54, 1.807) is 4.40 Å². The Morgan fingerprint density at radius 3 is 1.77 bits per heavy atom. The molecule has 6 heteroatoms. The molecule has 0 saturated carbocycles. The van der Waals surface area contributed by atoms with Crippen molar-refractivity contribution < 1.29 is 0 Å². The molecule has 0 aliphatic heterocycles. The monoisotopic (exact) mass is 665 g/mol. The molecule has 0 N–H and O–H groups in total. The van der Waals surface area contributed by atoms with Gasteiger partial charge in [0.05, 0.1) is 38.7 Å². The van der Waals surface area contributed by atoms with Gasteiger partial charge in [-0.05, 0) is 59.0 Å². The predicted molar refractivity (Wildman–Crippen MR) is 212 cm³/mol. The molecule has 0 bridgehead atoms. The molecule has 0 amide bonds. The zero-order valence-corrected chi connectivity index (χ0v) is 27.7. The summed E-state index contributed by atoms with van der Waals surface area (Å²) < 4.78 is 3.93. The Hall–Kier alpha value is -7.18. The van der Waals surface area contributed by atoms with E-state index in [1.165, 1.54) is 0 Å². The second-order valence-corrected chi connectivity index (χ2v) is 13.2. The van der Waals surface area contributed by atoms with E-state index in [9.17, 15) is 4.79 Å². The van der Waals surface area contributed by atoms with Crippen molar-refractivity contribution in [3.05, 3.63) is 174 Å². The third-order valence-corrected chi connectivity index (χ3v) is 10.3. The zero-order chi connectivity index (χ0) is 34.3. The molecule has 0 radical (unpaired) electrons. The van der Waals surface area contributed by atoms with Gasteiger partial charge in [-0.3, -0.25) is 13.8 Å². The lowest BCUT2D eigenvalue weighted by Crippen LogP contribution is -2.16. The molecule has 0 aliphatic rings. The summed E-state index contributed by atoms with van der Waals surface area (Å²) in [5.41, 5.74) is 8.92. The topological polar surface area (TPSA) is 65.1 Å². The lowest BCUT2D eigenvalue weighted by atomic mass is 10.0. The number of benzene rings is 7. The van der Waals surface area contributed by atoms with Gasteiger partial charge in [-0.2, -0.15) is 0 Å². The van der Waals surface area contributed by atoms with E-state index in [2.05, 4.69) is 83.4 Å². The van der Waals surface area contributed by atoms with E-state index < -0.39 is 0 Å². The van der Waals surface area contributed by atoms with Gasteiger partial charge in [0.15, 0.2) is 0 Å². The number of hydrogen-bond acceptors (Lipinski definition) is 4. The summed E-state index contributed by atoms with van der Waals surface area (Å²) in [7, 11) is 0. The van der Waals surface area contributed by atoms with Gasteiger partial charge in [0.1, 0.15) is 5.65 Å². The van der Waals surface area contributed by atoms with Crippen LogP contribution in [0.15, 0.2) is 169 Å². The second-order valence-electron chi connectivity index (χ2n) is 13.2. The van der Waals surface area contributed by atoms with Gasteiger partial charge in [0, 0.05) is 32.5 Å². The lowest BCUT2D eigenvalue weighted by Gasteiger charge is -2.13. The van der Waals surface area contributed by atoms with Crippen molar-refractivity contribution in [2.24, 2.45) is 0 Å². The lowest BCUT2D eigenvalue weighted by molar-refractivity contribution is 1.01. The largest absolute Gasteiger partial charge is 0.278 e. The Kier molecular flexibility index (Phi) is 6.01. The Morgan fingerprint density at radius 2 is 0.962 bits per heavy atom.